The quantitative estimate of drug-likeness (QED) is 0.426. The third kappa shape index (κ3) is 3.36. The van der Waals surface area contributed by atoms with Crippen LogP contribution in [-0.2, 0) is 0 Å². The molecule has 0 saturated heterocycles. The van der Waals surface area contributed by atoms with Crippen LogP contribution in [0.3, 0.4) is 0 Å². The SMILES string of the molecule is O=C(Nc1cccc(-c2nc3cc(Cl)ccc3o2)c1)c1ccccc1Br. The first kappa shape index (κ1) is 16.8. The number of aromatic nitrogens is 1. The number of nitrogens with zero attached hydrogens (tertiary/aromatic N) is 1. The summed E-state index contributed by atoms with van der Waals surface area (Å²) < 4.78 is 6.52. The second-order valence-electron chi connectivity index (χ2n) is 5.65. The predicted molar refractivity (Wildman–Crippen MR) is 107 cm³/mol. The van der Waals surface area contributed by atoms with E-state index in [-0.39, 0.29) is 5.91 Å². The summed E-state index contributed by atoms with van der Waals surface area (Å²) in [4.78, 5) is 16.9. The maximum absolute atomic E-state index is 12.5. The molecule has 0 aliphatic rings. The molecule has 1 N–H and O–H groups in total. The smallest absolute Gasteiger partial charge is 0.256 e. The Bertz CT molecular complexity index is 1120. The van der Waals surface area contributed by atoms with Crippen molar-refractivity contribution in [2.45, 2.75) is 0 Å². The maximum Gasteiger partial charge on any atom is 0.256 e. The molecule has 26 heavy (non-hydrogen) atoms. The van der Waals surface area contributed by atoms with Gasteiger partial charge in [0.15, 0.2) is 5.58 Å². The number of oxazole rings is 1. The van der Waals surface area contributed by atoms with Gasteiger partial charge in [0.2, 0.25) is 5.89 Å². The van der Waals surface area contributed by atoms with Crippen LogP contribution in [0.15, 0.2) is 75.6 Å². The Morgan fingerprint density at radius 3 is 2.73 bits per heavy atom. The van der Waals surface area contributed by atoms with Gasteiger partial charge >= 0.3 is 0 Å². The van der Waals surface area contributed by atoms with Crippen LogP contribution in [0.5, 0.6) is 0 Å². The molecular weight excluding hydrogens is 416 g/mol. The first-order valence-corrected chi connectivity index (χ1v) is 9.00. The van der Waals surface area contributed by atoms with E-state index in [0.717, 1.165) is 10.0 Å². The van der Waals surface area contributed by atoms with Crippen molar-refractivity contribution in [3.05, 3.63) is 81.8 Å². The van der Waals surface area contributed by atoms with Gasteiger partial charge in [0.05, 0.1) is 5.56 Å². The highest BCUT2D eigenvalue weighted by Crippen LogP contribution is 2.28. The van der Waals surface area contributed by atoms with Gasteiger partial charge in [-0.3, -0.25) is 4.79 Å². The van der Waals surface area contributed by atoms with Gasteiger partial charge in [0.1, 0.15) is 5.52 Å². The molecule has 0 saturated carbocycles. The summed E-state index contributed by atoms with van der Waals surface area (Å²) in [7, 11) is 0. The van der Waals surface area contributed by atoms with E-state index in [1.165, 1.54) is 0 Å². The minimum absolute atomic E-state index is 0.195. The lowest BCUT2D eigenvalue weighted by molar-refractivity contribution is 0.102. The molecule has 0 aliphatic carbocycles. The van der Waals surface area contributed by atoms with E-state index in [0.29, 0.717) is 33.3 Å². The number of carbonyl (C=O) groups is 1. The first-order chi connectivity index (χ1) is 12.6. The number of hydrogen-bond acceptors (Lipinski definition) is 3. The zero-order valence-electron chi connectivity index (χ0n) is 13.4. The average Bonchev–Trinajstić information content (AvgIpc) is 3.05. The molecule has 128 valence electrons. The Morgan fingerprint density at radius 1 is 1.04 bits per heavy atom. The first-order valence-electron chi connectivity index (χ1n) is 7.82. The number of nitrogens with one attached hydrogen (secondary N) is 1. The van der Waals surface area contributed by atoms with Crippen LogP contribution in [0, 0.1) is 0 Å². The van der Waals surface area contributed by atoms with Crippen molar-refractivity contribution in [1.29, 1.82) is 0 Å². The molecule has 6 heteroatoms. The topological polar surface area (TPSA) is 55.1 Å². The largest absolute Gasteiger partial charge is 0.436 e. The monoisotopic (exact) mass is 426 g/mol. The Balaban J connectivity index is 1.64. The molecule has 1 aromatic heterocycles. The molecule has 4 aromatic rings. The maximum atomic E-state index is 12.5. The van der Waals surface area contributed by atoms with Crippen LogP contribution >= 0.6 is 27.5 Å². The molecular formula is C20H12BrClN2O2. The van der Waals surface area contributed by atoms with E-state index >= 15 is 0 Å². The average molecular weight is 428 g/mol. The lowest BCUT2D eigenvalue weighted by atomic mass is 10.1. The normalized spacial score (nSPS) is 10.8. The van der Waals surface area contributed by atoms with Gasteiger partial charge in [0.25, 0.3) is 5.91 Å². The van der Waals surface area contributed by atoms with Gasteiger partial charge in [-0.05, 0) is 64.5 Å². The van der Waals surface area contributed by atoms with Gasteiger partial charge in [-0.2, -0.15) is 0 Å². The van der Waals surface area contributed by atoms with Crippen molar-refractivity contribution >= 4 is 50.2 Å². The van der Waals surface area contributed by atoms with Gasteiger partial charge in [-0.25, -0.2) is 4.98 Å². The van der Waals surface area contributed by atoms with Crippen LogP contribution in [0.2, 0.25) is 5.02 Å². The molecule has 0 aliphatic heterocycles. The minimum Gasteiger partial charge on any atom is -0.436 e. The van der Waals surface area contributed by atoms with Crippen molar-refractivity contribution in [3.8, 4) is 11.5 Å². The van der Waals surface area contributed by atoms with Crippen molar-refractivity contribution in [1.82, 2.24) is 4.98 Å². The fraction of sp³-hybridized carbons (Fsp3) is 0. The Hall–Kier alpha value is -2.63. The van der Waals surface area contributed by atoms with Crippen LogP contribution in [0.1, 0.15) is 10.4 Å². The highest BCUT2D eigenvalue weighted by atomic mass is 79.9. The number of amides is 1. The molecule has 0 atom stereocenters. The fourth-order valence-electron chi connectivity index (χ4n) is 2.60. The second-order valence-corrected chi connectivity index (χ2v) is 6.94. The van der Waals surface area contributed by atoms with Crippen molar-refractivity contribution < 1.29 is 9.21 Å². The molecule has 0 bridgehead atoms. The summed E-state index contributed by atoms with van der Waals surface area (Å²) >= 11 is 9.38. The molecule has 0 fully saturated rings. The van der Waals surface area contributed by atoms with Crippen LogP contribution in [0.4, 0.5) is 5.69 Å². The molecule has 0 radical (unpaired) electrons. The van der Waals surface area contributed by atoms with Crippen molar-refractivity contribution in [2.24, 2.45) is 0 Å². The van der Waals surface area contributed by atoms with E-state index in [1.807, 2.05) is 42.5 Å². The van der Waals surface area contributed by atoms with Gasteiger partial charge in [-0.15, -0.1) is 0 Å². The van der Waals surface area contributed by atoms with Gasteiger partial charge < -0.3 is 9.73 Å². The van der Waals surface area contributed by atoms with Crippen LogP contribution < -0.4 is 5.32 Å². The lowest BCUT2D eigenvalue weighted by Crippen LogP contribution is -2.12. The Morgan fingerprint density at radius 2 is 1.88 bits per heavy atom. The third-order valence-corrected chi connectivity index (χ3v) is 4.76. The van der Waals surface area contributed by atoms with Crippen LogP contribution in [0.25, 0.3) is 22.6 Å². The van der Waals surface area contributed by atoms with E-state index in [4.69, 9.17) is 16.0 Å². The molecule has 4 nitrogen and oxygen atoms in total. The number of hydrogen-bond donors (Lipinski definition) is 1. The van der Waals surface area contributed by atoms with Gasteiger partial charge in [0, 0.05) is 20.7 Å². The highest BCUT2D eigenvalue weighted by Gasteiger charge is 2.12. The van der Waals surface area contributed by atoms with Crippen molar-refractivity contribution in [2.75, 3.05) is 5.32 Å². The summed E-state index contributed by atoms with van der Waals surface area (Å²) in [6, 6.07) is 19.9. The number of anilines is 1. The number of carbonyl (C=O) groups excluding carboxylic acids is 1. The Kier molecular flexibility index (Phi) is 4.49. The number of fused-ring (bicyclic) bond motifs is 1. The summed E-state index contributed by atoms with van der Waals surface area (Å²) in [5.74, 6) is 0.276. The number of halogens is 2. The molecule has 0 unspecified atom stereocenters. The highest BCUT2D eigenvalue weighted by molar-refractivity contribution is 9.10. The molecule has 4 rings (SSSR count). The zero-order chi connectivity index (χ0) is 18.1. The predicted octanol–water partition coefficient (Wildman–Crippen LogP) is 6.16. The summed E-state index contributed by atoms with van der Waals surface area (Å²) in [5, 5.41) is 3.50. The van der Waals surface area contributed by atoms with E-state index in [1.54, 1.807) is 24.3 Å². The van der Waals surface area contributed by atoms with E-state index in [2.05, 4.69) is 26.2 Å². The minimum atomic E-state index is -0.195. The number of benzene rings is 3. The van der Waals surface area contributed by atoms with E-state index in [9.17, 15) is 4.79 Å². The summed E-state index contributed by atoms with van der Waals surface area (Å²) in [5.41, 5.74) is 3.34. The second kappa shape index (κ2) is 6.94. The lowest BCUT2D eigenvalue weighted by Gasteiger charge is -2.07. The molecule has 3 aromatic carbocycles. The standard InChI is InChI=1S/C20H12BrClN2O2/c21-16-7-2-1-6-15(16)19(25)23-14-5-3-4-12(10-14)20-24-17-11-13(22)8-9-18(17)26-20/h1-11H,(H,23,25). The summed E-state index contributed by atoms with van der Waals surface area (Å²) in [6.07, 6.45) is 0. The third-order valence-electron chi connectivity index (χ3n) is 3.84. The molecule has 0 spiro atoms. The van der Waals surface area contributed by atoms with Gasteiger partial charge in [-0.1, -0.05) is 29.8 Å². The fourth-order valence-corrected chi connectivity index (χ4v) is 3.23. The number of rotatable bonds is 3. The molecule has 1 amide bonds. The molecule has 1 heterocycles. The van der Waals surface area contributed by atoms with Crippen LogP contribution in [-0.4, -0.2) is 10.9 Å². The summed E-state index contributed by atoms with van der Waals surface area (Å²) in [6.45, 7) is 0. The zero-order valence-corrected chi connectivity index (χ0v) is 15.7. The van der Waals surface area contributed by atoms with Crippen molar-refractivity contribution in [3.63, 3.8) is 0 Å². The van der Waals surface area contributed by atoms with E-state index < -0.39 is 0 Å². The Labute approximate surface area is 162 Å².